The largest absolute Gasteiger partial charge is 0.497 e. The number of ether oxygens (including phenoxy) is 2. The first kappa shape index (κ1) is 18.7. The van der Waals surface area contributed by atoms with Gasteiger partial charge in [-0.3, -0.25) is 4.68 Å². The first-order chi connectivity index (χ1) is 13.1. The minimum absolute atomic E-state index is 0.258. The Hall–Kier alpha value is -3.13. The summed E-state index contributed by atoms with van der Waals surface area (Å²) in [6.07, 6.45) is 3.38. The molecule has 2 N–H and O–H groups in total. The van der Waals surface area contributed by atoms with Crippen LogP contribution in [0.2, 0.25) is 0 Å². The van der Waals surface area contributed by atoms with Gasteiger partial charge in [-0.15, -0.1) is 0 Å². The maximum Gasteiger partial charge on any atom is 0.175 e. The molecule has 0 bridgehead atoms. The monoisotopic (exact) mass is 386 g/mol. The zero-order valence-corrected chi connectivity index (χ0v) is 15.7. The van der Waals surface area contributed by atoms with Crippen molar-refractivity contribution in [3.63, 3.8) is 0 Å². The third-order valence-electron chi connectivity index (χ3n) is 3.79. The Kier molecular flexibility index (Phi) is 5.87. The minimum atomic E-state index is -0.258. The van der Waals surface area contributed by atoms with E-state index in [0.29, 0.717) is 34.4 Å². The van der Waals surface area contributed by atoms with Crippen molar-refractivity contribution in [1.29, 1.82) is 0 Å². The van der Waals surface area contributed by atoms with Crippen LogP contribution in [0, 0.1) is 5.82 Å². The molecule has 0 saturated carbocycles. The third-order valence-corrected chi connectivity index (χ3v) is 3.99. The molecule has 0 amide bonds. The summed E-state index contributed by atoms with van der Waals surface area (Å²) in [5, 5.41) is 10.7. The highest BCUT2D eigenvalue weighted by Gasteiger charge is 2.07. The SMILES string of the molecule is COc1cc(NC(=S)Nc2cnn(Cc3ccccc3F)c2)cc(OC)c1. The summed E-state index contributed by atoms with van der Waals surface area (Å²) in [4.78, 5) is 0. The van der Waals surface area contributed by atoms with Crippen LogP contribution in [0.4, 0.5) is 15.8 Å². The lowest BCUT2D eigenvalue weighted by molar-refractivity contribution is 0.395. The Bertz CT molecular complexity index is 923. The first-order valence-electron chi connectivity index (χ1n) is 8.14. The predicted molar refractivity (Wildman–Crippen MR) is 107 cm³/mol. The van der Waals surface area contributed by atoms with E-state index >= 15 is 0 Å². The summed E-state index contributed by atoms with van der Waals surface area (Å²) in [5.74, 6) is 1.04. The highest BCUT2D eigenvalue weighted by atomic mass is 32.1. The second-order valence-electron chi connectivity index (χ2n) is 5.70. The Morgan fingerprint density at radius 1 is 1.07 bits per heavy atom. The molecule has 1 aromatic heterocycles. The summed E-state index contributed by atoms with van der Waals surface area (Å²) in [6.45, 7) is 0.335. The highest BCUT2D eigenvalue weighted by Crippen LogP contribution is 2.25. The molecule has 0 radical (unpaired) electrons. The molecule has 27 heavy (non-hydrogen) atoms. The molecule has 0 fully saturated rings. The smallest absolute Gasteiger partial charge is 0.175 e. The Labute approximate surface area is 161 Å². The number of nitrogens with one attached hydrogen (secondary N) is 2. The molecule has 3 rings (SSSR count). The van der Waals surface area contributed by atoms with Crippen molar-refractivity contribution in [3.8, 4) is 11.5 Å². The van der Waals surface area contributed by atoms with Crippen LogP contribution < -0.4 is 20.1 Å². The normalized spacial score (nSPS) is 10.3. The molecule has 2 aromatic carbocycles. The van der Waals surface area contributed by atoms with E-state index in [2.05, 4.69) is 15.7 Å². The standard InChI is InChI=1S/C19H19FN4O2S/c1-25-16-7-14(8-17(9-16)26-2)22-19(27)23-15-10-21-24(12-15)11-13-5-3-4-6-18(13)20/h3-10,12H,11H2,1-2H3,(H2,22,23,27). The molecule has 140 valence electrons. The van der Waals surface area contributed by atoms with E-state index in [1.54, 1.807) is 67.7 Å². The van der Waals surface area contributed by atoms with Crippen LogP contribution in [0.25, 0.3) is 0 Å². The first-order valence-corrected chi connectivity index (χ1v) is 8.55. The molecule has 0 aliphatic heterocycles. The molecule has 0 aliphatic carbocycles. The molecule has 1 heterocycles. The van der Waals surface area contributed by atoms with Gasteiger partial charge in [-0.2, -0.15) is 5.10 Å². The van der Waals surface area contributed by atoms with Gasteiger partial charge in [0.05, 0.1) is 32.6 Å². The number of nitrogens with zero attached hydrogens (tertiary/aromatic N) is 2. The number of halogens is 1. The fourth-order valence-corrected chi connectivity index (χ4v) is 2.72. The van der Waals surface area contributed by atoms with Crippen LogP contribution in [0.5, 0.6) is 11.5 Å². The van der Waals surface area contributed by atoms with Crippen molar-refractivity contribution < 1.29 is 13.9 Å². The number of anilines is 2. The summed E-state index contributed by atoms with van der Waals surface area (Å²) < 4.78 is 25.9. The van der Waals surface area contributed by atoms with Crippen molar-refractivity contribution in [3.05, 3.63) is 66.2 Å². The Balaban J connectivity index is 1.63. The van der Waals surface area contributed by atoms with E-state index in [9.17, 15) is 4.39 Å². The Morgan fingerprint density at radius 3 is 2.41 bits per heavy atom. The molecule has 0 saturated heterocycles. The van der Waals surface area contributed by atoms with Gasteiger partial charge in [0.2, 0.25) is 0 Å². The van der Waals surface area contributed by atoms with Crippen molar-refractivity contribution in [2.24, 2.45) is 0 Å². The van der Waals surface area contributed by atoms with E-state index in [-0.39, 0.29) is 5.82 Å². The molecular weight excluding hydrogens is 367 g/mol. The average molecular weight is 386 g/mol. The van der Waals surface area contributed by atoms with Gasteiger partial charge in [-0.1, -0.05) is 18.2 Å². The lowest BCUT2D eigenvalue weighted by atomic mass is 10.2. The van der Waals surface area contributed by atoms with Crippen LogP contribution in [0.1, 0.15) is 5.56 Å². The van der Waals surface area contributed by atoms with Crippen molar-refractivity contribution in [2.45, 2.75) is 6.54 Å². The maximum atomic E-state index is 13.8. The molecule has 0 spiro atoms. The highest BCUT2D eigenvalue weighted by molar-refractivity contribution is 7.80. The van der Waals surface area contributed by atoms with Gasteiger partial charge in [0.1, 0.15) is 17.3 Å². The Morgan fingerprint density at radius 2 is 1.74 bits per heavy atom. The molecule has 0 aliphatic rings. The lowest BCUT2D eigenvalue weighted by Crippen LogP contribution is -2.18. The molecule has 0 atom stereocenters. The second kappa shape index (κ2) is 8.50. The van der Waals surface area contributed by atoms with Crippen LogP contribution in [0.3, 0.4) is 0 Å². The second-order valence-corrected chi connectivity index (χ2v) is 6.11. The van der Waals surface area contributed by atoms with Gasteiger partial charge in [-0.25, -0.2) is 4.39 Å². The molecule has 8 heteroatoms. The fourth-order valence-electron chi connectivity index (χ4n) is 2.49. The van der Waals surface area contributed by atoms with Gasteiger partial charge in [0, 0.05) is 35.6 Å². The van der Waals surface area contributed by atoms with E-state index in [4.69, 9.17) is 21.7 Å². The lowest BCUT2D eigenvalue weighted by Gasteiger charge is -2.12. The van der Waals surface area contributed by atoms with E-state index in [1.165, 1.54) is 6.07 Å². The van der Waals surface area contributed by atoms with Crippen molar-refractivity contribution in [1.82, 2.24) is 9.78 Å². The third kappa shape index (κ3) is 4.95. The zero-order valence-electron chi connectivity index (χ0n) is 14.9. The fraction of sp³-hybridized carbons (Fsp3) is 0.158. The van der Waals surface area contributed by atoms with Gasteiger partial charge >= 0.3 is 0 Å². The summed E-state index contributed by atoms with van der Waals surface area (Å²) in [5.41, 5.74) is 1.98. The number of methoxy groups -OCH3 is 2. The number of thiocarbonyl (C=S) groups is 1. The number of benzene rings is 2. The molecule has 6 nitrogen and oxygen atoms in total. The summed E-state index contributed by atoms with van der Waals surface area (Å²) in [6, 6.07) is 12.0. The van der Waals surface area contributed by atoms with Gasteiger partial charge < -0.3 is 20.1 Å². The van der Waals surface area contributed by atoms with Gasteiger partial charge in [0.25, 0.3) is 0 Å². The summed E-state index contributed by atoms with van der Waals surface area (Å²) in [7, 11) is 3.16. The van der Waals surface area contributed by atoms with Gasteiger partial charge in [-0.05, 0) is 18.3 Å². The molecule has 3 aromatic rings. The van der Waals surface area contributed by atoms with Crippen LogP contribution >= 0.6 is 12.2 Å². The number of hydrogen-bond donors (Lipinski definition) is 2. The minimum Gasteiger partial charge on any atom is -0.497 e. The maximum absolute atomic E-state index is 13.8. The number of rotatable bonds is 6. The zero-order chi connectivity index (χ0) is 19.2. The molecular formula is C19H19FN4O2S. The van der Waals surface area contributed by atoms with Crippen LogP contribution in [-0.4, -0.2) is 29.1 Å². The topological polar surface area (TPSA) is 60.3 Å². The quantitative estimate of drug-likeness (QED) is 0.627. The van der Waals surface area contributed by atoms with Crippen LogP contribution in [-0.2, 0) is 6.54 Å². The van der Waals surface area contributed by atoms with E-state index in [1.807, 2.05) is 0 Å². The van der Waals surface area contributed by atoms with Gasteiger partial charge in [0.15, 0.2) is 5.11 Å². The average Bonchev–Trinajstić information content (AvgIpc) is 3.09. The summed E-state index contributed by atoms with van der Waals surface area (Å²) >= 11 is 5.34. The number of hydrogen-bond acceptors (Lipinski definition) is 4. The van der Waals surface area contributed by atoms with Crippen molar-refractivity contribution in [2.75, 3.05) is 24.9 Å². The van der Waals surface area contributed by atoms with E-state index in [0.717, 1.165) is 5.69 Å². The van der Waals surface area contributed by atoms with E-state index < -0.39 is 0 Å². The predicted octanol–water partition coefficient (Wildman–Crippen LogP) is 3.90. The number of aromatic nitrogens is 2. The van der Waals surface area contributed by atoms with Crippen molar-refractivity contribution >= 4 is 28.7 Å². The molecule has 0 unspecified atom stereocenters. The van der Waals surface area contributed by atoms with Crippen LogP contribution in [0.15, 0.2) is 54.9 Å².